The Labute approximate surface area is 206 Å². The molecule has 1 unspecified atom stereocenters. The van der Waals surface area contributed by atoms with Crippen molar-refractivity contribution in [2.75, 3.05) is 27.2 Å². The average Bonchev–Trinajstić information content (AvgIpc) is 3.26. The van der Waals surface area contributed by atoms with Gasteiger partial charge in [-0.05, 0) is 29.2 Å². The zero-order chi connectivity index (χ0) is 24.7. The quantitative estimate of drug-likeness (QED) is 0.443. The highest BCUT2D eigenvalue weighted by molar-refractivity contribution is 6.33. The molecule has 0 bridgehead atoms. The van der Waals surface area contributed by atoms with Crippen molar-refractivity contribution in [1.82, 2.24) is 29.8 Å². The summed E-state index contributed by atoms with van der Waals surface area (Å²) in [6.07, 6.45) is 5.43. The lowest BCUT2D eigenvalue weighted by Crippen LogP contribution is -2.33. The topological polar surface area (TPSA) is 105 Å². The van der Waals surface area contributed by atoms with Crippen LogP contribution in [0, 0.1) is 5.92 Å². The Bertz CT molecular complexity index is 1520. The first-order valence-electron chi connectivity index (χ1n) is 11.3. The molecule has 0 saturated carbocycles. The molecule has 4 aromatic rings. The Morgan fingerprint density at radius 2 is 2.14 bits per heavy atom. The van der Waals surface area contributed by atoms with Crippen LogP contribution in [0.3, 0.4) is 0 Å². The number of rotatable bonds is 5. The number of amides is 1. The molecule has 0 aliphatic carbocycles. The van der Waals surface area contributed by atoms with Crippen molar-refractivity contribution in [2.45, 2.75) is 13.5 Å². The van der Waals surface area contributed by atoms with Crippen LogP contribution in [-0.2, 0) is 6.54 Å². The minimum Gasteiger partial charge on any atom is -0.496 e. The van der Waals surface area contributed by atoms with Crippen LogP contribution in [0.2, 0.25) is 5.02 Å². The zero-order valence-electron chi connectivity index (χ0n) is 19.6. The third-order valence-electron chi connectivity index (χ3n) is 6.40. The lowest BCUT2D eigenvalue weighted by Gasteiger charge is -2.31. The predicted octanol–water partition coefficient (Wildman–Crippen LogP) is 3.13. The van der Waals surface area contributed by atoms with Crippen molar-refractivity contribution in [2.24, 2.45) is 5.92 Å². The van der Waals surface area contributed by atoms with Gasteiger partial charge in [0.2, 0.25) is 0 Å². The van der Waals surface area contributed by atoms with Gasteiger partial charge in [-0.1, -0.05) is 30.7 Å². The number of nitrogens with zero attached hydrogens (tertiary/aromatic N) is 4. The molecule has 35 heavy (non-hydrogen) atoms. The van der Waals surface area contributed by atoms with E-state index in [9.17, 15) is 9.59 Å². The fourth-order valence-corrected chi connectivity index (χ4v) is 4.90. The number of ether oxygens (including phenoxy) is 1. The summed E-state index contributed by atoms with van der Waals surface area (Å²) >= 11 is 6.14. The summed E-state index contributed by atoms with van der Waals surface area (Å²) in [4.78, 5) is 33.9. The number of aromatic nitrogens is 4. The molecule has 0 radical (unpaired) electrons. The third kappa shape index (κ3) is 4.17. The molecule has 1 aliphatic heterocycles. The van der Waals surface area contributed by atoms with Crippen molar-refractivity contribution < 1.29 is 9.53 Å². The number of halogens is 1. The van der Waals surface area contributed by atoms with Gasteiger partial charge in [0, 0.05) is 44.5 Å². The lowest BCUT2D eigenvalue weighted by atomic mass is 9.91. The van der Waals surface area contributed by atoms with Crippen molar-refractivity contribution in [3.63, 3.8) is 0 Å². The second-order valence-electron chi connectivity index (χ2n) is 8.65. The van der Waals surface area contributed by atoms with Crippen LogP contribution in [0.1, 0.15) is 28.5 Å². The molecule has 2 N–H and O–H groups in total. The minimum atomic E-state index is -0.286. The van der Waals surface area contributed by atoms with E-state index in [2.05, 4.69) is 38.3 Å². The molecule has 0 spiro atoms. The number of pyridine rings is 1. The molecule has 3 aromatic heterocycles. The molecule has 1 aromatic carbocycles. The second kappa shape index (κ2) is 9.16. The minimum absolute atomic E-state index is 0.199. The summed E-state index contributed by atoms with van der Waals surface area (Å²) in [5, 5.41) is 7.15. The number of fused-ring (bicyclic) bond motifs is 3. The number of hydrogen-bond donors (Lipinski definition) is 2. The molecular formula is C25H25ClN6O3. The fourth-order valence-electron chi connectivity index (χ4n) is 4.69. The third-order valence-corrected chi connectivity index (χ3v) is 6.67. The van der Waals surface area contributed by atoms with Crippen LogP contribution in [0.25, 0.3) is 22.1 Å². The molecule has 1 amide bonds. The second-order valence-corrected chi connectivity index (χ2v) is 9.06. The number of H-pyrrole nitrogens is 1. The van der Waals surface area contributed by atoms with E-state index >= 15 is 0 Å². The number of methoxy groups -OCH3 is 1. The van der Waals surface area contributed by atoms with Crippen molar-refractivity contribution >= 4 is 39.6 Å². The first-order valence-corrected chi connectivity index (χ1v) is 11.6. The summed E-state index contributed by atoms with van der Waals surface area (Å²) in [5.74, 6) is 0.790. The van der Waals surface area contributed by atoms with Crippen LogP contribution >= 0.6 is 11.6 Å². The maximum Gasteiger partial charge on any atom is 0.276 e. The van der Waals surface area contributed by atoms with Gasteiger partial charge >= 0.3 is 0 Å². The zero-order valence-corrected chi connectivity index (χ0v) is 20.4. The summed E-state index contributed by atoms with van der Waals surface area (Å²) in [6.45, 7) is 4.43. The van der Waals surface area contributed by atoms with Crippen LogP contribution in [0.5, 0.6) is 5.75 Å². The number of aromatic amines is 1. The van der Waals surface area contributed by atoms with E-state index in [4.69, 9.17) is 16.3 Å². The molecule has 0 fully saturated rings. The van der Waals surface area contributed by atoms with Crippen LogP contribution in [-0.4, -0.2) is 57.6 Å². The smallest absolute Gasteiger partial charge is 0.276 e. The highest BCUT2D eigenvalue weighted by Gasteiger charge is 2.22. The number of nitrogens with one attached hydrogen (secondary N) is 2. The Morgan fingerprint density at radius 3 is 2.83 bits per heavy atom. The van der Waals surface area contributed by atoms with E-state index in [0.717, 1.165) is 24.2 Å². The molecule has 4 heterocycles. The standard InChI is InChI=1S/C25H25ClN6O3/c1-14-12-31(7-6-17(14)15-4-5-19(28-10-15)24(33)27-2)13-16-8-20-21(9-22(16)35-3)32-23(25(34)30-20)18(26)11-29-32/h4-6,8-11,14H,7,12-13H2,1-3H3,(H,27,33)(H,30,34). The molecular weight excluding hydrogens is 468 g/mol. The molecule has 5 rings (SSSR count). The molecule has 9 nitrogen and oxygen atoms in total. The normalized spacial score (nSPS) is 16.5. The Morgan fingerprint density at radius 1 is 1.31 bits per heavy atom. The van der Waals surface area contributed by atoms with Gasteiger partial charge in [0.15, 0.2) is 5.52 Å². The monoisotopic (exact) mass is 492 g/mol. The van der Waals surface area contributed by atoms with Gasteiger partial charge in [-0.25, -0.2) is 4.52 Å². The highest BCUT2D eigenvalue weighted by atomic mass is 35.5. The van der Waals surface area contributed by atoms with E-state index in [1.165, 1.54) is 11.8 Å². The number of carbonyl (C=O) groups is 1. The maximum atomic E-state index is 12.5. The van der Waals surface area contributed by atoms with E-state index in [0.29, 0.717) is 39.6 Å². The largest absolute Gasteiger partial charge is 0.496 e. The van der Waals surface area contributed by atoms with E-state index in [-0.39, 0.29) is 17.4 Å². The SMILES string of the molecule is CNC(=O)c1ccc(C2=CCN(Cc3cc4[nH]c(=O)c5c(Cl)cnn5c4cc3OC)CC2C)cn1. The number of hydrogen-bond acceptors (Lipinski definition) is 6. The van der Waals surface area contributed by atoms with Gasteiger partial charge < -0.3 is 15.0 Å². The highest BCUT2D eigenvalue weighted by Crippen LogP contribution is 2.31. The maximum absolute atomic E-state index is 12.5. The van der Waals surface area contributed by atoms with Gasteiger partial charge in [-0.15, -0.1) is 0 Å². The first-order chi connectivity index (χ1) is 16.9. The van der Waals surface area contributed by atoms with Crippen molar-refractivity contribution in [3.8, 4) is 5.75 Å². The number of carbonyl (C=O) groups excluding carboxylic acids is 1. The van der Waals surface area contributed by atoms with Crippen LogP contribution < -0.4 is 15.6 Å². The number of benzene rings is 1. The molecule has 180 valence electrons. The van der Waals surface area contributed by atoms with Gasteiger partial charge in [0.25, 0.3) is 11.5 Å². The first kappa shape index (κ1) is 23.1. The van der Waals surface area contributed by atoms with E-state index in [1.54, 1.807) is 30.9 Å². The molecule has 0 saturated heterocycles. The predicted molar refractivity (Wildman–Crippen MR) is 135 cm³/mol. The molecule has 1 atom stereocenters. The Balaban J connectivity index is 1.41. The van der Waals surface area contributed by atoms with Crippen LogP contribution in [0.15, 0.2) is 47.5 Å². The van der Waals surface area contributed by atoms with Gasteiger partial charge in [-0.2, -0.15) is 5.10 Å². The Hall–Kier alpha value is -3.69. The van der Waals surface area contributed by atoms with Crippen LogP contribution in [0.4, 0.5) is 0 Å². The van der Waals surface area contributed by atoms with Gasteiger partial charge in [-0.3, -0.25) is 19.5 Å². The Kier molecular flexibility index (Phi) is 6.04. The van der Waals surface area contributed by atoms with E-state index in [1.807, 2.05) is 18.2 Å². The van der Waals surface area contributed by atoms with E-state index < -0.39 is 0 Å². The lowest BCUT2D eigenvalue weighted by molar-refractivity contribution is 0.0958. The summed E-state index contributed by atoms with van der Waals surface area (Å²) in [7, 11) is 3.23. The average molecular weight is 493 g/mol. The molecule has 10 heteroatoms. The van der Waals surface area contributed by atoms with Crippen molar-refractivity contribution in [1.29, 1.82) is 0 Å². The van der Waals surface area contributed by atoms with Gasteiger partial charge in [0.05, 0.1) is 29.4 Å². The molecule has 1 aliphatic rings. The summed E-state index contributed by atoms with van der Waals surface area (Å²) < 4.78 is 7.23. The summed E-state index contributed by atoms with van der Waals surface area (Å²) in [5.41, 5.74) is 5.01. The van der Waals surface area contributed by atoms with Gasteiger partial charge in [0.1, 0.15) is 11.4 Å². The fraction of sp³-hybridized carbons (Fsp3) is 0.280. The summed E-state index contributed by atoms with van der Waals surface area (Å²) in [6, 6.07) is 7.51. The van der Waals surface area contributed by atoms with Crippen molar-refractivity contribution in [3.05, 3.63) is 74.9 Å².